The number of aromatic nitrogens is 3. The number of rotatable bonds is 6. The predicted molar refractivity (Wildman–Crippen MR) is 149 cm³/mol. The molecule has 0 radical (unpaired) electrons. The van der Waals surface area contributed by atoms with Gasteiger partial charge in [-0.15, -0.1) is 11.3 Å². The minimum atomic E-state index is -0.170. The van der Waals surface area contributed by atoms with E-state index in [1.165, 1.54) is 11.3 Å². The fourth-order valence-electron chi connectivity index (χ4n) is 4.88. The fraction of sp³-hybridized carbons (Fsp3) is 0.286. The molecule has 2 aliphatic heterocycles. The second-order valence-electron chi connectivity index (χ2n) is 9.38. The summed E-state index contributed by atoms with van der Waals surface area (Å²) in [6.45, 7) is 3.83. The summed E-state index contributed by atoms with van der Waals surface area (Å²) in [5, 5.41) is 12.8. The molecule has 2 N–H and O–H groups in total. The van der Waals surface area contributed by atoms with Gasteiger partial charge in [0.05, 0.1) is 10.7 Å². The van der Waals surface area contributed by atoms with Crippen molar-refractivity contribution in [2.75, 3.05) is 36.6 Å². The van der Waals surface area contributed by atoms with E-state index in [0.29, 0.717) is 42.6 Å². The number of benzene rings is 2. The highest BCUT2D eigenvalue weighted by Crippen LogP contribution is 2.36. The topological polar surface area (TPSA) is 113 Å². The Morgan fingerprint density at radius 3 is 2.69 bits per heavy atom. The van der Waals surface area contributed by atoms with Gasteiger partial charge in [-0.05, 0) is 37.5 Å². The van der Waals surface area contributed by atoms with Crippen molar-refractivity contribution >= 4 is 34.8 Å². The van der Waals surface area contributed by atoms with Crippen LogP contribution in [0.25, 0.3) is 11.3 Å². The summed E-state index contributed by atoms with van der Waals surface area (Å²) in [6, 6.07) is 17.0. The van der Waals surface area contributed by atoms with Crippen LogP contribution in [0.4, 0.5) is 16.3 Å². The summed E-state index contributed by atoms with van der Waals surface area (Å²) in [5.74, 6) is 1.87. The number of H-pyrrole nitrogens is 1. The maximum atomic E-state index is 13.3. The largest absolute Gasteiger partial charge is 0.454 e. The van der Waals surface area contributed by atoms with E-state index in [-0.39, 0.29) is 24.6 Å². The number of carbonyl (C=O) groups is 2. The first kappa shape index (κ1) is 24.9. The first-order valence-electron chi connectivity index (χ1n) is 12.9. The van der Waals surface area contributed by atoms with Gasteiger partial charge in [0.2, 0.25) is 6.79 Å². The Labute approximate surface area is 229 Å². The van der Waals surface area contributed by atoms with Gasteiger partial charge in [0.15, 0.2) is 17.3 Å². The molecule has 0 spiro atoms. The van der Waals surface area contributed by atoms with Crippen LogP contribution in [0.3, 0.4) is 0 Å². The summed E-state index contributed by atoms with van der Waals surface area (Å²) in [5.41, 5.74) is 3.03. The van der Waals surface area contributed by atoms with E-state index in [9.17, 15) is 9.59 Å². The average Bonchev–Trinajstić information content (AvgIpc) is 3.75. The molecule has 1 saturated heterocycles. The fourth-order valence-corrected chi connectivity index (χ4v) is 5.84. The number of fused-ring (bicyclic) bond motifs is 1. The number of ether oxygens (including phenoxy) is 2. The quantitative estimate of drug-likeness (QED) is 0.339. The van der Waals surface area contributed by atoms with Crippen LogP contribution >= 0.6 is 11.3 Å². The zero-order valence-electron chi connectivity index (χ0n) is 21.4. The molecule has 6 rings (SSSR count). The van der Waals surface area contributed by atoms with Crippen LogP contribution < -0.4 is 19.7 Å². The van der Waals surface area contributed by atoms with Crippen molar-refractivity contribution in [3.63, 3.8) is 0 Å². The van der Waals surface area contributed by atoms with Gasteiger partial charge in [0.1, 0.15) is 5.69 Å². The molecule has 0 unspecified atom stereocenters. The number of amides is 3. The molecule has 0 bridgehead atoms. The normalized spacial score (nSPS) is 14.8. The molecule has 39 heavy (non-hydrogen) atoms. The molecule has 2 aromatic carbocycles. The zero-order valence-corrected chi connectivity index (χ0v) is 22.2. The van der Waals surface area contributed by atoms with Gasteiger partial charge in [-0.2, -0.15) is 5.10 Å². The maximum absolute atomic E-state index is 13.3. The van der Waals surface area contributed by atoms with E-state index in [2.05, 4.69) is 15.5 Å². The van der Waals surface area contributed by atoms with Gasteiger partial charge in [-0.25, -0.2) is 9.78 Å². The Morgan fingerprint density at radius 2 is 1.90 bits per heavy atom. The summed E-state index contributed by atoms with van der Waals surface area (Å²) in [7, 11) is 0. The monoisotopic (exact) mass is 544 g/mol. The second-order valence-corrected chi connectivity index (χ2v) is 10.3. The number of nitrogens with one attached hydrogen (secondary N) is 2. The van der Waals surface area contributed by atoms with Crippen molar-refractivity contribution in [1.29, 1.82) is 0 Å². The molecule has 10 nitrogen and oxygen atoms in total. The average molecular weight is 545 g/mol. The van der Waals surface area contributed by atoms with Crippen molar-refractivity contribution in [1.82, 2.24) is 20.1 Å². The van der Waals surface area contributed by atoms with Gasteiger partial charge in [0, 0.05) is 48.8 Å². The predicted octanol–water partition coefficient (Wildman–Crippen LogP) is 5.34. The number of urea groups is 1. The third-order valence-corrected chi connectivity index (χ3v) is 8.01. The number of thiazole rings is 1. The van der Waals surface area contributed by atoms with Crippen molar-refractivity contribution in [3.05, 3.63) is 70.7 Å². The number of hydrogen-bond donors (Lipinski definition) is 2. The molecule has 0 atom stereocenters. The van der Waals surface area contributed by atoms with Gasteiger partial charge in [-0.1, -0.05) is 30.3 Å². The maximum Gasteiger partial charge on any atom is 0.323 e. The number of hydrogen-bond acceptors (Lipinski definition) is 7. The van der Waals surface area contributed by atoms with Crippen LogP contribution in [0.15, 0.2) is 60.0 Å². The highest BCUT2D eigenvalue weighted by atomic mass is 32.1. The van der Waals surface area contributed by atoms with Crippen LogP contribution in [0.2, 0.25) is 0 Å². The van der Waals surface area contributed by atoms with E-state index in [1.807, 2.05) is 66.9 Å². The Kier molecular flexibility index (Phi) is 6.89. The standard InChI is InChI=1S/C28H28N6O4S/c1-2-34(20-8-9-23-24(14-20)38-17-37-23)27(35)22-16-39-26(29-22)19-10-12-33(13-11-19)28(36)30-25-15-21(31-32-25)18-6-4-3-5-7-18/h3-9,14-16,19H,2,10-13,17H2,1H3,(H2,30,31,32,36). The van der Waals surface area contributed by atoms with E-state index < -0.39 is 0 Å². The highest BCUT2D eigenvalue weighted by molar-refractivity contribution is 7.10. The number of carbonyl (C=O) groups excluding carboxylic acids is 2. The van der Waals surface area contributed by atoms with Crippen molar-refractivity contribution in [3.8, 4) is 22.8 Å². The lowest BCUT2D eigenvalue weighted by Crippen LogP contribution is -2.40. The number of nitrogens with zero attached hydrogens (tertiary/aromatic N) is 4. The minimum absolute atomic E-state index is 0.149. The van der Waals surface area contributed by atoms with Crippen LogP contribution in [-0.4, -0.2) is 58.4 Å². The van der Waals surface area contributed by atoms with Gasteiger partial charge in [-0.3, -0.25) is 15.2 Å². The Morgan fingerprint density at radius 1 is 1.10 bits per heavy atom. The number of piperidine rings is 1. The zero-order chi connectivity index (χ0) is 26.8. The lowest BCUT2D eigenvalue weighted by atomic mass is 9.98. The van der Waals surface area contributed by atoms with Crippen molar-refractivity contribution in [2.24, 2.45) is 0 Å². The van der Waals surface area contributed by atoms with Crippen LogP contribution in [-0.2, 0) is 0 Å². The Bertz CT molecular complexity index is 1480. The van der Waals surface area contributed by atoms with Crippen LogP contribution in [0, 0.1) is 0 Å². The van der Waals surface area contributed by atoms with Crippen LogP contribution in [0.1, 0.15) is 41.2 Å². The molecule has 3 amide bonds. The summed E-state index contributed by atoms with van der Waals surface area (Å²) < 4.78 is 10.9. The Hall–Kier alpha value is -4.38. The number of aromatic amines is 1. The molecule has 2 aromatic heterocycles. The van der Waals surface area contributed by atoms with E-state index in [4.69, 9.17) is 14.5 Å². The number of anilines is 2. The van der Waals surface area contributed by atoms with E-state index in [1.54, 1.807) is 9.80 Å². The van der Waals surface area contributed by atoms with Crippen LogP contribution in [0.5, 0.6) is 11.5 Å². The van der Waals surface area contributed by atoms with Gasteiger partial charge >= 0.3 is 6.03 Å². The molecule has 4 heterocycles. The minimum Gasteiger partial charge on any atom is -0.454 e. The van der Waals surface area contributed by atoms with Crippen molar-refractivity contribution in [2.45, 2.75) is 25.7 Å². The highest BCUT2D eigenvalue weighted by Gasteiger charge is 2.28. The molecule has 200 valence electrons. The third kappa shape index (κ3) is 5.17. The molecule has 0 saturated carbocycles. The SMILES string of the molecule is CCN(C(=O)c1csc(C2CCN(C(=O)Nc3cc(-c4ccccc4)[nH]n3)CC2)n1)c1ccc2c(c1)OCO2. The van der Waals surface area contributed by atoms with Crippen molar-refractivity contribution < 1.29 is 19.1 Å². The summed E-state index contributed by atoms with van der Waals surface area (Å²) in [6.07, 6.45) is 1.56. The molecule has 4 aromatic rings. The number of likely N-dealkylation sites (tertiary alicyclic amines) is 1. The molecule has 2 aliphatic rings. The lowest BCUT2D eigenvalue weighted by molar-refractivity contribution is 0.0984. The first-order chi connectivity index (χ1) is 19.1. The molecule has 11 heteroatoms. The van der Waals surface area contributed by atoms with Gasteiger partial charge in [0.25, 0.3) is 5.91 Å². The third-order valence-electron chi connectivity index (χ3n) is 7.00. The Balaban J connectivity index is 1.05. The van der Waals surface area contributed by atoms with E-state index >= 15 is 0 Å². The lowest BCUT2D eigenvalue weighted by Gasteiger charge is -2.30. The first-order valence-corrected chi connectivity index (χ1v) is 13.8. The summed E-state index contributed by atoms with van der Waals surface area (Å²) in [4.78, 5) is 34.3. The summed E-state index contributed by atoms with van der Waals surface area (Å²) >= 11 is 1.50. The second kappa shape index (κ2) is 10.8. The van der Waals surface area contributed by atoms with Gasteiger partial charge < -0.3 is 19.3 Å². The molecule has 0 aliphatic carbocycles. The van der Waals surface area contributed by atoms with E-state index in [0.717, 1.165) is 34.8 Å². The molecular formula is C28H28N6O4S. The molecule has 1 fully saturated rings. The smallest absolute Gasteiger partial charge is 0.323 e. The molecular weight excluding hydrogens is 516 g/mol.